The first kappa shape index (κ1) is 20.9. The summed E-state index contributed by atoms with van der Waals surface area (Å²) in [5, 5.41) is 0. The molecule has 0 spiro atoms. The lowest BCUT2D eigenvalue weighted by Crippen LogP contribution is -2.33. The Morgan fingerprint density at radius 2 is 1.73 bits per heavy atom. The molecular formula is C23H32O2S. The highest BCUT2D eigenvalue weighted by molar-refractivity contribution is 7.98. The summed E-state index contributed by atoms with van der Waals surface area (Å²) in [6.45, 7) is 8.03. The van der Waals surface area contributed by atoms with Crippen molar-refractivity contribution in [3.63, 3.8) is 0 Å². The van der Waals surface area contributed by atoms with E-state index in [1.165, 1.54) is 16.0 Å². The highest BCUT2D eigenvalue weighted by atomic mass is 32.2. The molecule has 26 heavy (non-hydrogen) atoms. The van der Waals surface area contributed by atoms with Crippen molar-refractivity contribution >= 4 is 11.8 Å². The highest BCUT2D eigenvalue weighted by Gasteiger charge is 2.33. The lowest BCUT2D eigenvalue weighted by Gasteiger charge is -2.37. The molecule has 3 heteroatoms. The second kappa shape index (κ2) is 10.6. The SMILES string of the molecule is CC.CCC1(c2ccc(OC)c(SCc3ccccc3)c2)CCOCC1. The molecule has 0 radical (unpaired) electrons. The molecule has 0 aromatic heterocycles. The zero-order valence-electron chi connectivity index (χ0n) is 16.6. The molecule has 1 saturated heterocycles. The monoisotopic (exact) mass is 372 g/mol. The van der Waals surface area contributed by atoms with Gasteiger partial charge in [0.2, 0.25) is 0 Å². The first-order valence-electron chi connectivity index (χ1n) is 9.70. The van der Waals surface area contributed by atoms with Gasteiger partial charge in [-0.05, 0) is 47.9 Å². The van der Waals surface area contributed by atoms with E-state index in [1.54, 1.807) is 7.11 Å². The first-order chi connectivity index (χ1) is 12.8. The minimum atomic E-state index is 0.257. The minimum Gasteiger partial charge on any atom is -0.496 e. The largest absolute Gasteiger partial charge is 0.496 e. The van der Waals surface area contributed by atoms with Crippen LogP contribution in [0.4, 0.5) is 0 Å². The van der Waals surface area contributed by atoms with Crippen LogP contribution in [0.3, 0.4) is 0 Å². The molecule has 3 rings (SSSR count). The first-order valence-corrected chi connectivity index (χ1v) is 10.7. The molecule has 1 aliphatic rings. The average Bonchev–Trinajstić information content (AvgIpc) is 2.74. The molecule has 0 aliphatic carbocycles. The molecule has 0 unspecified atom stereocenters. The van der Waals surface area contributed by atoms with Crippen molar-refractivity contribution < 1.29 is 9.47 Å². The normalized spacial score (nSPS) is 15.7. The predicted molar refractivity (Wildman–Crippen MR) is 112 cm³/mol. The molecule has 1 fully saturated rings. The maximum absolute atomic E-state index is 5.60. The average molecular weight is 373 g/mol. The van der Waals surface area contributed by atoms with Gasteiger partial charge >= 0.3 is 0 Å². The van der Waals surface area contributed by atoms with Crippen LogP contribution in [0.25, 0.3) is 0 Å². The van der Waals surface area contributed by atoms with E-state index in [2.05, 4.69) is 55.5 Å². The number of ether oxygens (including phenoxy) is 2. The molecule has 0 bridgehead atoms. The van der Waals surface area contributed by atoms with Gasteiger partial charge in [0.15, 0.2) is 0 Å². The lowest BCUT2D eigenvalue weighted by molar-refractivity contribution is 0.0485. The Morgan fingerprint density at radius 3 is 2.35 bits per heavy atom. The smallest absolute Gasteiger partial charge is 0.132 e. The second-order valence-electron chi connectivity index (χ2n) is 6.39. The van der Waals surface area contributed by atoms with E-state index in [0.29, 0.717) is 0 Å². The third kappa shape index (κ3) is 5.05. The summed E-state index contributed by atoms with van der Waals surface area (Å²) >= 11 is 1.86. The highest BCUT2D eigenvalue weighted by Crippen LogP contribution is 2.41. The zero-order chi connectivity index (χ0) is 18.8. The molecule has 0 saturated carbocycles. The van der Waals surface area contributed by atoms with Gasteiger partial charge in [-0.2, -0.15) is 0 Å². The van der Waals surface area contributed by atoms with Crippen LogP contribution in [0.2, 0.25) is 0 Å². The van der Waals surface area contributed by atoms with Crippen LogP contribution in [-0.4, -0.2) is 20.3 Å². The number of methoxy groups -OCH3 is 1. The van der Waals surface area contributed by atoms with E-state index < -0.39 is 0 Å². The second-order valence-corrected chi connectivity index (χ2v) is 7.40. The summed E-state index contributed by atoms with van der Waals surface area (Å²) in [4.78, 5) is 1.23. The van der Waals surface area contributed by atoms with Gasteiger partial charge in [0.25, 0.3) is 0 Å². The summed E-state index contributed by atoms with van der Waals surface area (Å²) in [5.41, 5.74) is 3.03. The lowest BCUT2D eigenvalue weighted by atomic mass is 9.72. The van der Waals surface area contributed by atoms with Gasteiger partial charge in [-0.25, -0.2) is 0 Å². The molecule has 142 valence electrons. The van der Waals surface area contributed by atoms with Crippen molar-refractivity contribution in [1.29, 1.82) is 0 Å². The standard InChI is InChI=1S/C21H26O2S.C2H6/c1-3-21(11-13-23-14-12-21)18-9-10-19(22-2)20(15-18)24-16-17-7-5-4-6-8-17;1-2/h4-10,15H,3,11-14,16H2,1-2H3;1-2H3. The topological polar surface area (TPSA) is 18.5 Å². The molecule has 0 N–H and O–H groups in total. The van der Waals surface area contributed by atoms with Crippen LogP contribution in [0.15, 0.2) is 53.4 Å². The van der Waals surface area contributed by atoms with E-state index in [4.69, 9.17) is 9.47 Å². The van der Waals surface area contributed by atoms with E-state index >= 15 is 0 Å². The molecule has 2 aromatic carbocycles. The Bertz CT molecular complexity index is 649. The van der Waals surface area contributed by atoms with Crippen molar-refractivity contribution in [2.45, 2.75) is 56.1 Å². The Morgan fingerprint density at radius 1 is 1.04 bits per heavy atom. The Hall–Kier alpha value is -1.45. The van der Waals surface area contributed by atoms with Crippen molar-refractivity contribution in [1.82, 2.24) is 0 Å². The maximum Gasteiger partial charge on any atom is 0.132 e. The van der Waals surface area contributed by atoms with Gasteiger partial charge in [0, 0.05) is 23.9 Å². The van der Waals surface area contributed by atoms with Gasteiger partial charge in [0.1, 0.15) is 5.75 Å². The Balaban J connectivity index is 0.00000117. The van der Waals surface area contributed by atoms with Crippen molar-refractivity contribution in [2.75, 3.05) is 20.3 Å². The van der Waals surface area contributed by atoms with Crippen LogP contribution in [0, 0.1) is 0 Å². The Kier molecular flexibility index (Phi) is 8.53. The molecule has 1 aliphatic heterocycles. The van der Waals surface area contributed by atoms with Gasteiger partial charge < -0.3 is 9.47 Å². The van der Waals surface area contributed by atoms with Crippen molar-refractivity contribution in [3.05, 3.63) is 59.7 Å². The molecular weight excluding hydrogens is 340 g/mol. The van der Waals surface area contributed by atoms with Gasteiger partial charge in [-0.15, -0.1) is 11.8 Å². The fourth-order valence-electron chi connectivity index (χ4n) is 3.46. The van der Waals surface area contributed by atoms with Crippen LogP contribution >= 0.6 is 11.8 Å². The van der Waals surface area contributed by atoms with Gasteiger partial charge in [-0.1, -0.05) is 57.2 Å². The molecule has 0 amide bonds. The summed E-state index contributed by atoms with van der Waals surface area (Å²) in [6.07, 6.45) is 3.38. The maximum atomic E-state index is 5.60. The van der Waals surface area contributed by atoms with E-state index in [-0.39, 0.29) is 5.41 Å². The van der Waals surface area contributed by atoms with E-state index in [9.17, 15) is 0 Å². The van der Waals surface area contributed by atoms with Crippen LogP contribution < -0.4 is 4.74 Å². The van der Waals surface area contributed by atoms with Crippen LogP contribution in [0.1, 0.15) is 51.2 Å². The van der Waals surface area contributed by atoms with Gasteiger partial charge in [-0.3, -0.25) is 0 Å². The van der Waals surface area contributed by atoms with Gasteiger partial charge in [0.05, 0.1) is 7.11 Å². The molecule has 0 atom stereocenters. The van der Waals surface area contributed by atoms with Crippen molar-refractivity contribution in [2.24, 2.45) is 0 Å². The van der Waals surface area contributed by atoms with Crippen LogP contribution in [0.5, 0.6) is 5.75 Å². The van der Waals surface area contributed by atoms with Crippen LogP contribution in [-0.2, 0) is 15.9 Å². The zero-order valence-corrected chi connectivity index (χ0v) is 17.4. The number of hydrogen-bond acceptors (Lipinski definition) is 3. The number of benzene rings is 2. The number of rotatable bonds is 6. The molecule has 1 heterocycles. The fraction of sp³-hybridized carbons (Fsp3) is 0.478. The Labute approximate surface area is 163 Å². The number of hydrogen-bond donors (Lipinski definition) is 0. The summed E-state index contributed by atoms with van der Waals surface area (Å²) in [5.74, 6) is 1.93. The predicted octanol–water partition coefficient (Wildman–Crippen LogP) is 6.47. The quantitative estimate of drug-likeness (QED) is 0.541. The van der Waals surface area contributed by atoms with E-state index in [1.807, 2.05) is 25.6 Å². The van der Waals surface area contributed by atoms with E-state index in [0.717, 1.165) is 44.0 Å². The fourth-order valence-corrected chi connectivity index (χ4v) is 4.48. The third-order valence-electron chi connectivity index (χ3n) is 5.14. The molecule has 2 nitrogen and oxygen atoms in total. The summed E-state index contributed by atoms with van der Waals surface area (Å²) in [6, 6.07) is 17.3. The molecule has 2 aromatic rings. The third-order valence-corrected chi connectivity index (χ3v) is 6.25. The number of thioether (sulfide) groups is 1. The minimum absolute atomic E-state index is 0.257. The van der Waals surface area contributed by atoms with Crippen molar-refractivity contribution in [3.8, 4) is 5.75 Å². The summed E-state index contributed by atoms with van der Waals surface area (Å²) < 4.78 is 11.2. The summed E-state index contributed by atoms with van der Waals surface area (Å²) in [7, 11) is 1.76.